The van der Waals surface area contributed by atoms with E-state index in [2.05, 4.69) is 20.7 Å². The van der Waals surface area contributed by atoms with Gasteiger partial charge in [0, 0.05) is 12.1 Å². The summed E-state index contributed by atoms with van der Waals surface area (Å²) in [6, 6.07) is 3.16. The highest BCUT2D eigenvalue weighted by Gasteiger charge is 2.31. The lowest BCUT2D eigenvalue weighted by atomic mass is 10.1. The normalized spacial score (nSPS) is 14.2. The van der Waals surface area contributed by atoms with E-state index in [0.717, 1.165) is 12.1 Å². The van der Waals surface area contributed by atoms with Crippen LogP contribution in [0.3, 0.4) is 0 Å². The summed E-state index contributed by atoms with van der Waals surface area (Å²) >= 11 is 1.27. The van der Waals surface area contributed by atoms with Gasteiger partial charge in [0.05, 0.1) is 4.83 Å². The van der Waals surface area contributed by atoms with Crippen LogP contribution < -0.4 is 9.15 Å². The molecule has 0 aliphatic carbocycles. The molecule has 1 aromatic heterocycles. The Morgan fingerprint density at radius 1 is 1.33 bits per heavy atom. The van der Waals surface area contributed by atoms with Gasteiger partial charge in [-0.05, 0) is 44.3 Å². The number of nitrogens with one attached hydrogen (secondary N) is 1. The van der Waals surface area contributed by atoms with Crippen molar-refractivity contribution in [3.05, 3.63) is 35.6 Å². The standard InChI is InChI=1S/C16H20BrF2NO5SSi/c1-27(2,3)25-16-13(21)14(9-4-5-11(18)12(19)8-9)24-15(16)10(17)6-7-20-26(22)23/h4-5,8,10,20-21H,6-7H2,1-3H3,(H,22,23). The summed E-state index contributed by atoms with van der Waals surface area (Å²) in [5.41, 5.74) is 0.160. The van der Waals surface area contributed by atoms with Gasteiger partial charge in [-0.25, -0.2) is 17.7 Å². The molecule has 2 unspecified atom stereocenters. The van der Waals surface area contributed by atoms with Crippen LogP contribution in [-0.4, -0.2) is 28.7 Å². The van der Waals surface area contributed by atoms with E-state index in [1.807, 2.05) is 19.6 Å². The van der Waals surface area contributed by atoms with Gasteiger partial charge in [0.1, 0.15) is 0 Å². The Labute approximate surface area is 167 Å². The van der Waals surface area contributed by atoms with E-state index in [0.29, 0.717) is 6.42 Å². The third-order valence-corrected chi connectivity index (χ3v) is 5.51. The second kappa shape index (κ2) is 8.82. The van der Waals surface area contributed by atoms with Gasteiger partial charge >= 0.3 is 0 Å². The fourth-order valence-electron chi connectivity index (χ4n) is 2.27. The number of hydrogen-bond acceptors (Lipinski definition) is 4. The first-order chi connectivity index (χ1) is 12.5. The molecule has 0 aliphatic heterocycles. The number of hydrogen-bond donors (Lipinski definition) is 3. The van der Waals surface area contributed by atoms with Gasteiger partial charge in [0.2, 0.25) is 25.3 Å². The van der Waals surface area contributed by atoms with E-state index in [1.54, 1.807) is 0 Å². The second-order valence-electron chi connectivity index (χ2n) is 6.72. The van der Waals surface area contributed by atoms with Crippen molar-refractivity contribution in [2.75, 3.05) is 6.54 Å². The lowest BCUT2D eigenvalue weighted by Crippen LogP contribution is -2.29. The van der Waals surface area contributed by atoms with E-state index >= 15 is 0 Å². The number of alkyl halides is 1. The molecule has 1 aromatic carbocycles. The van der Waals surface area contributed by atoms with Crippen LogP contribution in [0.5, 0.6) is 11.5 Å². The molecule has 0 radical (unpaired) electrons. The molecule has 2 rings (SSSR count). The molecule has 1 heterocycles. The monoisotopic (exact) mass is 483 g/mol. The molecule has 0 fully saturated rings. The molecule has 0 amide bonds. The van der Waals surface area contributed by atoms with Crippen LogP contribution in [-0.2, 0) is 11.3 Å². The highest BCUT2D eigenvalue weighted by Crippen LogP contribution is 2.48. The molecule has 0 spiro atoms. The van der Waals surface area contributed by atoms with Crippen LogP contribution in [0.2, 0.25) is 19.6 Å². The van der Waals surface area contributed by atoms with E-state index in [9.17, 15) is 18.1 Å². The number of halogens is 3. The van der Waals surface area contributed by atoms with Crippen LogP contribution in [0, 0.1) is 11.6 Å². The zero-order valence-corrected chi connectivity index (χ0v) is 18.3. The number of aromatic hydroxyl groups is 1. The van der Waals surface area contributed by atoms with Gasteiger partial charge in [-0.15, -0.1) is 0 Å². The van der Waals surface area contributed by atoms with Crippen LogP contribution in [0.25, 0.3) is 11.3 Å². The Hall–Kier alpha value is -1.27. The molecule has 11 heteroatoms. The largest absolute Gasteiger partial charge is 0.539 e. The van der Waals surface area contributed by atoms with Crippen molar-refractivity contribution in [1.82, 2.24) is 4.72 Å². The van der Waals surface area contributed by atoms with Crippen molar-refractivity contribution < 1.29 is 31.5 Å². The van der Waals surface area contributed by atoms with Crippen molar-refractivity contribution in [1.29, 1.82) is 0 Å². The Morgan fingerprint density at radius 3 is 2.56 bits per heavy atom. The van der Waals surface area contributed by atoms with Crippen LogP contribution >= 0.6 is 15.9 Å². The first kappa shape index (κ1) is 22.0. The minimum absolute atomic E-state index is 0.0414. The third kappa shape index (κ3) is 5.85. The highest BCUT2D eigenvalue weighted by molar-refractivity contribution is 9.09. The summed E-state index contributed by atoms with van der Waals surface area (Å²) in [7, 11) is -2.14. The fourth-order valence-corrected chi connectivity index (χ4v) is 3.90. The maximum atomic E-state index is 13.6. The molecule has 2 atom stereocenters. The maximum absolute atomic E-state index is 13.6. The van der Waals surface area contributed by atoms with Gasteiger partial charge < -0.3 is 13.9 Å². The Bertz CT molecular complexity index is 843. The second-order valence-corrected chi connectivity index (χ2v) is 13.0. The number of benzene rings is 1. The smallest absolute Gasteiger partial charge is 0.242 e. The zero-order chi connectivity index (χ0) is 20.4. The highest BCUT2D eigenvalue weighted by atomic mass is 79.9. The van der Waals surface area contributed by atoms with E-state index in [1.165, 1.54) is 6.07 Å². The molecular formula is C16H20BrF2NO5SSi. The molecule has 0 aliphatic rings. The summed E-state index contributed by atoms with van der Waals surface area (Å²) < 4.78 is 60.3. The topological polar surface area (TPSA) is 91.9 Å². The van der Waals surface area contributed by atoms with Gasteiger partial charge in [-0.1, -0.05) is 15.9 Å². The molecule has 6 nitrogen and oxygen atoms in total. The van der Waals surface area contributed by atoms with Crippen molar-refractivity contribution in [3.63, 3.8) is 0 Å². The minimum atomic E-state index is -2.15. The number of rotatable bonds is 8. The Kier molecular flexibility index (Phi) is 7.19. The van der Waals surface area contributed by atoms with E-state index < -0.39 is 36.0 Å². The minimum Gasteiger partial charge on any atom is -0.539 e. The van der Waals surface area contributed by atoms with Crippen molar-refractivity contribution in [2.45, 2.75) is 30.9 Å². The predicted molar refractivity (Wildman–Crippen MR) is 105 cm³/mol. The van der Waals surface area contributed by atoms with Crippen molar-refractivity contribution in [2.24, 2.45) is 0 Å². The van der Waals surface area contributed by atoms with Gasteiger partial charge in [-0.3, -0.25) is 4.55 Å². The predicted octanol–water partition coefficient (Wildman–Crippen LogP) is 4.70. The third-order valence-electron chi connectivity index (χ3n) is 3.36. The van der Waals surface area contributed by atoms with Crippen molar-refractivity contribution in [3.8, 4) is 22.8 Å². The lowest BCUT2D eigenvalue weighted by molar-refractivity contribution is 0.438. The summed E-state index contributed by atoms with van der Waals surface area (Å²) in [5.74, 6) is -2.03. The van der Waals surface area contributed by atoms with Crippen molar-refractivity contribution >= 4 is 35.5 Å². The zero-order valence-electron chi connectivity index (χ0n) is 14.9. The molecule has 27 heavy (non-hydrogen) atoms. The van der Waals surface area contributed by atoms with Crippen LogP contribution in [0.15, 0.2) is 22.6 Å². The molecule has 3 N–H and O–H groups in total. The SMILES string of the molecule is C[Si](C)(C)Oc1c(C(Br)CCNS(=O)O)oc(-c2ccc(F)c(F)c2)c1O. The first-order valence-corrected chi connectivity index (χ1v) is 13.4. The summed E-state index contributed by atoms with van der Waals surface area (Å²) in [5, 5.41) is 10.6. The van der Waals surface area contributed by atoms with E-state index in [4.69, 9.17) is 13.4 Å². The van der Waals surface area contributed by atoms with Gasteiger partial charge in [0.15, 0.2) is 28.9 Å². The molecule has 0 saturated carbocycles. The molecule has 150 valence electrons. The Balaban J connectivity index is 2.44. The quantitative estimate of drug-likeness (QED) is 0.287. The van der Waals surface area contributed by atoms with Crippen LogP contribution in [0.4, 0.5) is 8.78 Å². The molecular weight excluding hydrogens is 464 g/mol. The summed E-state index contributed by atoms with van der Waals surface area (Å²) in [6.07, 6.45) is 0.346. The van der Waals surface area contributed by atoms with Crippen LogP contribution in [0.1, 0.15) is 17.0 Å². The lowest BCUT2D eigenvalue weighted by Gasteiger charge is -2.20. The molecule has 0 saturated heterocycles. The average Bonchev–Trinajstić information content (AvgIpc) is 2.85. The molecule has 0 bridgehead atoms. The van der Waals surface area contributed by atoms with Gasteiger partial charge in [0.25, 0.3) is 0 Å². The van der Waals surface area contributed by atoms with Gasteiger partial charge in [-0.2, -0.15) is 0 Å². The fraction of sp³-hybridized carbons (Fsp3) is 0.375. The Morgan fingerprint density at radius 2 is 2.00 bits per heavy atom. The summed E-state index contributed by atoms with van der Waals surface area (Å²) in [6.45, 7) is 5.94. The first-order valence-electron chi connectivity index (χ1n) is 7.98. The number of furan rings is 1. The van der Waals surface area contributed by atoms with E-state index in [-0.39, 0.29) is 35.1 Å². The molecule has 2 aromatic rings. The summed E-state index contributed by atoms with van der Waals surface area (Å²) in [4.78, 5) is -0.454. The maximum Gasteiger partial charge on any atom is 0.242 e. The average molecular weight is 484 g/mol.